The second-order valence-corrected chi connectivity index (χ2v) is 7.72. The van der Waals surface area contributed by atoms with Gasteiger partial charge in [-0.25, -0.2) is 4.39 Å². The Kier molecular flexibility index (Phi) is 7.54. The summed E-state index contributed by atoms with van der Waals surface area (Å²) in [4.78, 5) is 0. The van der Waals surface area contributed by atoms with Gasteiger partial charge in [-0.15, -0.1) is 12.4 Å². The number of nitrogens with one attached hydrogen (secondary N) is 1. The summed E-state index contributed by atoms with van der Waals surface area (Å²) in [5, 5.41) is 5.62. The zero-order chi connectivity index (χ0) is 20.2. The molecule has 0 aliphatic rings. The second-order valence-electron chi connectivity index (χ2n) is 7.31. The molecule has 3 aromatic carbocycles. The van der Waals surface area contributed by atoms with Gasteiger partial charge >= 0.3 is 0 Å². The van der Waals surface area contributed by atoms with Crippen LogP contribution >= 0.6 is 24.0 Å². The largest absolute Gasteiger partial charge is 0.340 e. The summed E-state index contributed by atoms with van der Waals surface area (Å²) < 4.78 is 15.4. The molecular formula is C25H25Cl2FN2. The first kappa shape index (κ1) is 22.4. The van der Waals surface area contributed by atoms with Crippen molar-refractivity contribution >= 4 is 34.9 Å². The average Bonchev–Trinajstić information content (AvgIpc) is 3.00. The highest BCUT2D eigenvalue weighted by Crippen LogP contribution is 2.28. The van der Waals surface area contributed by atoms with Crippen LogP contribution in [0.3, 0.4) is 0 Å². The molecule has 156 valence electrons. The van der Waals surface area contributed by atoms with E-state index in [1.54, 1.807) is 0 Å². The van der Waals surface area contributed by atoms with E-state index in [4.69, 9.17) is 11.6 Å². The van der Waals surface area contributed by atoms with Crippen LogP contribution in [0.1, 0.15) is 22.4 Å². The fraction of sp³-hybridized carbons (Fsp3) is 0.200. The molecule has 0 bridgehead atoms. The Labute approximate surface area is 188 Å². The molecule has 0 atom stereocenters. The van der Waals surface area contributed by atoms with Crippen LogP contribution in [0.4, 0.5) is 4.39 Å². The number of nitrogens with zero attached hydrogens (tertiary/aromatic N) is 1. The molecule has 0 saturated carbocycles. The molecule has 0 aliphatic carbocycles. The van der Waals surface area contributed by atoms with Crippen LogP contribution in [0.15, 0.2) is 72.8 Å². The number of hydrogen-bond acceptors (Lipinski definition) is 1. The maximum atomic E-state index is 13.0. The highest BCUT2D eigenvalue weighted by Gasteiger charge is 2.14. The van der Waals surface area contributed by atoms with E-state index in [1.807, 2.05) is 30.3 Å². The molecule has 2 nitrogen and oxygen atoms in total. The van der Waals surface area contributed by atoms with E-state index < -0.39 is 0 Å². The summed E-state index contributed by atoms with van der Waals surface area (Å²) in [5.41, 5.74) is 6.04. The Balaban J connectivity index is 0.00000256. The van der Waals surface area contributed by atoms with Crippen molar-refractivity contribution in [1.82, 2.24) is 9.88 Å². The normalized spacial score (nSPS) is 10.9. The minimum Gasteiger partial charge on any atom is -0.340 e. The summed E-state index contributed by atoms with van der Waals surface area (Å²) in [6.45, 7) is 4.56. The van der Waals surface area contributed by atoms with Crippen molar-refractivity contribution in [2.75, 3.05) is 6.54 Å². The third kappa shape index (κ3) is 4.86. The van der Waals surface area contributed by atoms with Gasteiger partial charge in [0.15, 0.2) is 0 Å². The molecule has 30 heavy (non-hydrogen) atoms. The van der Waals surface area contributed by atoms with Gasteiger partial charge in [-0.1, -0.05) is 60.1 Å². The molecule has 5 heteroatoms. The molecule has 1 heterocycles. The quantitative estimate of drug-likeness (QED) is 0.321. The van der Waals surface area contributed by atoms with E-state index in [9.17, 15) is 4.39 Å². The molecule has 1 N–H and O–H groups in total. The molecule has 4 aromatic rings. The Bertz CT molecular complexity index is 1120. The standard InChI is InChI=1S/C25H24ClFN2.ClH/c1-18-23(16-28-15-14-19-10-12-21(27)13-11-19)22-7-3-5-9-25(22)29(18)17-20-6-2-4-8-24(20)26;/h2-13,28H,14-17H2,1H3;1H. The lowest BCUT2D eigenvalue weighted by Gasteiger charge is -2.11. The van der Waals surface area contributed by atoms with Crippen LogP contribution in [0, 0.1) is 12.7 Å². The molecule has 0 saturated heterocycles. The van der Waals surface area contributed by atoms with Crippen LogP contribution in [0.25, 0.3) is 10.9 Å². The fourth-order valence-corrected chi connectivity index (χ4v) is 4.02. The first-order chi connectivity index (χ1) is 14.1. The Hall–Kier alpha value is -2.33. The molecule has 0 amide bonds. The van der Waals surface area contributed by atoms with Crippen LogP contribution in [-0.4, -0.2) is 11.1 Å². The van der Waals surface area contributed by atoms with Gasteiger partial charge in [0.1, 0.15) is 5.82 Å². The van der Waals surface area contributed by atoms with Gasteiger partial charge in [0.05, 0.1) is 0 Å². The zero-order valence-corrected chi connectivity index (χ0v) is 18.4. The molecule has 0 aliphatic heterocycles. The Morgan fingerprint density at radius 3 is 2.40 bits per heavy atom. The van der Waals surface area contributed by atoms with E-state index in [-0.39, 0.29) is 18.2 Å². The molecule has 4 rings (SSSR count). The van der Waals surface area contributed by atoms with E-state index in [0.717, 1.165) is 42.2 Å². The molecule has 0 fully saturated rings. The second kappa shape index (κ2) is 10.1. The molecule has 0 spiro atoms. The van der Waals surface area contributed by atoms with Gasteiger partial charge in [0.25, 0.3) is 0 Å². The predicted molar refractivity (Wildman–Crippen MR) is 126 cm³/mol. The van der Waals surface area contributed by atoms with Gasteiger partial charge in [0.2, 0.25) is 0 Å². The number of rotatable bonds is 7. The lowest BCUT2D eigenvalue weighted by Crippen LogP contribution is -2.17. The van der Waals surface area contributed by atoms with Crippen LogP contribution in [0.5, 0.6) is 0 Å². The summed E-state index contributed by atoms with van der Waals surface area (Å²) in [6.07, 6.45) is 0.873. The van der Waals surface area contributed by atoms with Crippen molar-refractivity contribution in [1.29, 1.82) is 0 Å². The third-order valence-electron chi connectivity index (χ3n) is 5.45. The lowest BCUT2D eigenvalue weighted by molar-refractivity contribution is 0.626. The Morgan fingerprint density at radius 2 is 1.63 bits per heavy atom. The number of fused-ring (bicyclic) bond motifs is 1. The molecule has 0 radical (unpaired) electrons. The lowest BCUT2D eigenvalue weighted by atomic mass is 10.1. The summed E-state index contributed by atoms with van der Waals surface area (Å²) in [6, 6.07) is 23.2. The maximum Gasteiger partial charge on any atom is 0.123 e. The van der Waals surface area contributed by atoms with E-state index in [1.165, 1.54) is 34.3 Å². The van der Waals surface area contributed by atoms with Gasteiger partial charge < -0.3 is 9.88 Å². The average molecular weight is 443 g/mol. The molecular weight excluding hydrogens is 418 g/mol. The van der Waals surface area contributed by atoms with Gasteiger partial charge in [-0.3, -0.25) is 0 Å². The topological polar surface area (TPSA) is 17.0 Å². The van der Waals surface area contributed by atoms with Gasteiger partial charge in [0, 0.05) is 34.7 Å². The third-order valence-corrected chi connectivity index (χ3v) is 5.82. The first-order valence-electron chi connectivity index (χ1n) is 9.89. The minimum atomic E-state index is -0.191. The van der Waals surface area contributed by atoms with Crippen molar-refractivity contribution < 1.29 is 4.39 Å². The Morgan fingerprint density at radius 1 is 0.933 bits per heavy atom. The number of benzene rings is 3. The van der Waals surface area contributed by atoms with Crippen molar-refractivity contribution in [3.05, 3.63) is 106 Å². The molecule has 1 aromatic heterocycles. The maximum absolute atomic E-state index is 13.0. The van der Waals surface area contributed by atoms with E-state index in [0.29, 0.717) is 0 Å². The van der Waals surface area contributed by atoms with E-state index >= 15 is 0 Å². The van der Waals surface area contributed by atoms with Crippen molar-refractivity contribution in [2.24, 2.45) is 0 Å². The number of halogens is 3. The van der Waals surface area contributed by atoms with Crippen LogP contribution in [-0.2, 0) is 19.5 Å². The monoisotopic (exact) mass is 442 g/mol. The number of para-hydroxylation sites is 1. The molecule has 0 unspecified atom stereocenters. The number of aromatic nitrogens is 1. The summed E-state index contributed by atoms with van der Waals surface area (Å²) in [7, 11) is 0. The van der Waals surface area contributed by atoms with Gasteiger partial charge in [-0.2, -0.15) is 0 Å². The van der Waals surface area contributed by atoms with Crippen molar-refractivity contribution in [3.63, 3.8) is 0 Å². The fourth-order valence-electron chi connectivity index (χ4n) is 3.82. The minimum absolute atomic E-state index is 0. The van der Waals surface area contributed by atoms with Crippen molar-refractivity contribution in [2.45, 2.75) is 26.4 Å². The predicted octanol–water partition coefficient (Wildman–Crippen LogP) is 6.54. The van der Waals surface area contributed by atoms with Crippen molar-refractivity contribution in [3.8, 4) is 0 Å². The smallest absolute Gasteiger partial charge is 0.123 e. The highest BCUT2D eigenvalue weighted by molar-refractivity contribution is 6.31. The van der Waals surface area contributed by atoms with Crippen LogP contribution < -0.4 is 5.32 Å². The number of hydrogen-bond donors (Lipinski definition) is 1. The van der Waals surface area contributed by atoms with Crippen LogP contribution in [0.2, 0.25) is 5.02 Å². The zero-order valence-electron chi connectivity index (χ0n) is 16.9. The van der Waals surface area contributed by atoms with Gasteiger partial charge in [-0.05, 0) is 60.8 Å². The summed E-state index contributed by atoms with van der Waals surface area (Å²) in [5.74, 6) is -0.191. The first-order valence-corrected chi connectivity index (χ1v) is 10.3. The van der Waals surface area contributed by atoms with E-state index in [2.05, 4.69) is 47.1 Å². The summed E-state index contributed by atoms with van der Waals surface area (Å²) >= 11 is 6.41. The SMILES string of the molecule is Cc1c(CNCCc2ccc(F)cc2)c2ccccc2n1Cc1ccccc1Cl.Cl. The highest BCUT2D eigenvalue weighted by atomic mass is 35.5.